The molecule has 2 rings (SSSR count). The van der Waals surface area contributed by atoms with Gasteiger partial charge in [-0.25, -0.2) is 4.39 Å². The van der Waals surface area contributed by atoms with E-state index in [1.54, 1.807) is 0 Å². The zero-order valence-electron chi connectivity index (χ0n) is 11.4. The fourth-order valence-electron chi connectivity index (χ4n) is 2.55. The number of benzene rings is 1. The van der Waals surface area contributed by atoms with Crippen LogP contribution in [0.4, 0.5) is 4.39 Å². The van der Waals surface area contributed by atoms with Gasteiger partial charge >= 0.3 is 0 Å². The molecule has 0 spiro atoms. The van der Waals surface area contributed by atoms with Crippen LogP contribution in [0.15, 0.2) is 18.2 Å². The lowest BCUT2D eigenvalue weighted by atomic mass is 9.90. The first-order valence-corrected chi connectivity index (χ1v) is 7.09. The second-order valence-electron chi connectivity index (χ2n) is 5.66. The van der Waals surface area contributed by atoms with Crippen molar-refractivity contribution in [3.05, 3.63) is 29.6 Å². The minimum absolute atomic E-state index is 0.241. The number of hydrogen-bond acceptors (Lipinski definition) is 1. The van der Waals surface area contributed by atoms with Crippen LogP contribution in [0.1, 0.15) is 57.4 Å². The van der Waals surface area contributed by atoms with Crippen LogP contribution in [0.2, 0.25) is 0 Å². The van der Waals surface area contributed by atoms with E-state index in [1.165, 1.54) is 38.2 Å². The molecular formula is C16H23FO. The maximum atomic E-state index is 13.7. The van der Waals surface area contributed by atoms with Gasteiger partial charge in [0.25, 0.3) is 0 Å². The van der Waals surface area contributed by atoms with E-state index in [-0.39, 0.29) is 5.82 Å². The van der Waals surface area contributed by atoms with E-state index in [0.29, 0.717) is 24.2 Å². The molecule has 1 saturated carbocycles. The molecule has 1 aliphatic carbocycles. The summed E-state index contributed by atoms with van der Waals surface area (Å²) in [6.07, 6.45) is 6.38. The van der Waals surface area contributed by atoms with Gasteiger partial charge in [-0.2, -0.15) is 0 Å². The van der Waals surface area contributed by atoms with Crippen molar-refractivity contribution in [1.82, 2.24) is 0 Å². The van der Waals surface area contributed by atoms with Crippen LogP contribution < -0.4 is 4.74 Å². The average Bonchev–Trinajstić information content (AvgIpc) is 2.38. The molecule has 0 aromatic heterocycles. The number of hydrogen-bond donors (Lipinski definition) is 0. The lowest BCUT2D eigenvalue weighted by Gasteiger charge is -2.22. The van der Waals surface area contributed by atoms with E-state index in [2.05, 4.69) is 13.8 Å². The van der Waals surface area contributed by atoms with Gasteiger partial charge in [0.2, 0.25) is 0 Å². The van der Waals surface area contributed by atoms with Gasteiger partial charge in [-0.1, -0.05) is 39.2 Å². The quantitative estimate of drug-likeness (QED) is 0.738. The Kier molecular flexibility index (Phi) is 4.62. The predicted octanol–water partition coefficient (Wildman–Crippen LogP) is 4.91. The third kappa shape index (κ3) is 3.47. The maximum absolute atomic E-state index is 13.7. The lowest BCUT2D eigenvalue weighted by molar-refractivity contribution is 0.202. The molecule has 0 radical (unpaired) electrons. The molecule has 18 heavy (non-hydrogen) atoms. The molecule has 1 fully saturated rings. The van der Waals surface area contributed by atoms with E-state index in [1.807, 2.05) is 12.1 Å². The summed E-state index contributed by atoms with van der Waals surface area (Å²) in [6, 6.07) is 5.21. The summed E-state index contributed by atoms with van der Waals surface area (Å²) in [6.45, 7) is 4.88. The molecule has 0 atom stereocenters. The lowest BCUT2D eigenvalue weighted by Crippen LogP contribution is -2.15. The minimum Gasteiger partial charge on any atom is -0.490 e. The summed E-state index contributed by atoms with van der Waals surface area (Å²) in [4.78, 5) is 0. The maximum Gasteiger partial charge on any atom is 0.165 e. The van der Waals surface area contributed by atoms with E-state index >= 15 is 0 Å². The largest absolute Gasteiger partial charge is 0.490 e. The van der Waals surface area contributed by atoms with Gasteiger partial charge in [-0.15, -0.1) is 0 Å². The van der Waals surface area contributed by atoms with Crippen molar-refractivity contribution in [3.8, 4) is 5.75 Å². The van der Waals surface area contributed by atoms with Gasteiger partial charge in [0.05, 0.1) is 6.61 Å². The van der Waals surface area contributed by atoms with Crippen LogP contribution in [0, 0.1) is 11.7 Å². The molecule has 1 aliphatic rings. The van der Waals surface area contributed by atoms with Crippen molar-refractivity contribution in [3.63, 3.8) is 0 Å². The van der Waals surface area contributed by atoms with Crippen LogP contribution in [0.25, 0.3) is 0 Å². The van der Waals surface area contributed by atoms with E-state index < -0.39 is 0 Å². The molecule has 0 saturated heterocycles. The van der Waals surface area contributed by atoms with Crippen molar-refractivity contribution in [2.24, 2.45) is 5.92 Å². The van der Waals surface area contributed by atoms with Crippen LogP contribution in [-0.4, -0.2) is 6.61 Å². The summed E-state index contributed by atoms with van der Waals surface area (Å²) in [5.74, 6) is 1.20. The topological polar surface area (TPSA) is 9.23 Å². The van der Waals surface area contributed by atoms with E-state index in [4.69, 9.17) is 4.74 Å². The van der Waals surface area contributed by atoms with Crippen LogP contribution in [0.3, 0.4) is 0 Å². The molecule has 0 aliphatic heterocycles. The smallest absolute Gasteiger partial charge is 0.165 e. The highest BCUT2D eigenvalue weighted by Gasteiger charge is 2.15. The van der Waals surface area contributed by atoms with E-state index in [9.17, 15) is 4.39 Å². The van der Waals surface area contributed by atoms with Crippen molar-refractivity contribution in [2.45, 2.75) is 51.9 Å². The standard InChI is InChI=1S/C16H23FO/c1-12(2)14-8-9-15(17)16(10-14)18-11-13-6-4-3-5-7-13/h8-10,12-13H,3-7,11H2,1-2H3. The Morgan fingerprint density at radius 2 is 1.94 bits per heavy atom. The number of rotatable bonds is 4. The molecular weight excluding hydrogens is 227 g/mol. The highest BCUT2D eigenvalue weighted by Crippen LogP contribution is 2.27. The first-order chi connectivity index (χ1) is 8.66. The summed E-state index contributed by atoms with van der Waals surface area (Å²) >= 11 is 0. The first kappa shape index (κ1) is 13.4. The Balaban J connectivity index is 1.97. The van der Waals surface area contributed by atoms with Gasteiger partial charge in [0.1, 0.15) is 0 Å². The van der Waals surface area contributed by atoms with Crippen LogP contribution in [-0.2, 0) is 0 Å². The molecule has 1 aromatic rings. The summed E-state index contributed by atoms with van der Waals surface area (Å²) < 4.78 is 19.4. The molecule has 2 heteroatoms. The van der Waals surface area contributed by atoms with Gasteiger partial charge in [0, 0.05) is 0 Å². The summed E-state index contributed by atoms with van der Waals surface area (Å²) in [5.41, 5.74) is 1.13. The molecule has 0 bridgehead atoms. The van der Waals surface area contributed by atoms with Crippen LogP contribution in [0.5, 0.6) is 5.75 Å². The Morgan fingerprint density at radius 3 is 2.61 bits per heavy atom. The predicted molar refractivity (Wildman–Crippen MR) is 72.6 cm³/mol. The van der Waals surface area contributed by atoms with Crippen molar-refractivity contribution < 1.29 is 9.13 Å². The summed E-state index contributed by atoms with van der Waals surface area (Å²) in [7, 11) is 0. The van der Waals surface area contributed by atoms with Gasteiger partial charge < -0.3 is 4.74 Å². The summed E-state index contributed by atoms with van der Waals surface area (Å²) in [5, 5.41) is 0. The van der Waals surface area contributed by atoms with Crippen molar-refractivity contribution in [1.29, 1.82) is 0 Å². The SMILES string of the molecule is CC(C)c1ccc(F)c(OCC2CCCCC2)c1. The molecule has 0 heterocycles. The fourth-order valence-corrected chi connectivity index (χ4v) is 2.55. The fraction of sp³-hybridized carbons (Fsp3) is 0.625. The van der Waals surface area contributed by atoms with Crippen molar-refractivity contribution in [2.75, 3.05) is 6.61 Å². The van der Waals surface area contributed by atoms with E-state index in [0.717, 1.165) is 5.56 Å². The Morgan fingerprint density at radius 1 is 1.22 bits per heavy atom. The number of halogens is 1. The number of ether oxygens (including phenoxy) is 1. The Labute approximate surface area is 109 Å². The monoisotopic (exact) mass is 250 g/mol. The zero-order chi connectivity index (χ0) is 13.0. The minimum atomic E-state index is -0.241. The van der Waals surface area contributed by atoms with Crippen LogP contribution >= 0.6 is 0 Å². The molecule has 0 unspecified atom stereocenters. The normalized spacial score (nSPS) is 17.1. The highest BCUT2D eigenvalue weighted by molar-refractivity contribution is 5.31. The molecule has 0 N–H and O–H groups in total. The Hall–Kier alpha value is -1.05. The Bertz CT molecular complexity index is 381. The average molecular weight is 250 g/mol. The molecule has 0 amide bonds. The van der Waals surface area contributed by atoms with Crippen molar-refractivity contribution >= 4 is 0 Å². The second-order valence-corrected chi connectivity index (χ2v) is 5.66. The van der Waals surface area contributed by atoms with Gasteiger partial charge in [-0.05, 0) is 42.4 Å². The first-order valence-electron chi connectivity index (χ1n) is 7.09. The van der Waals surface area contributed by atoms with Gasteiger partial charge in [0.15, 0.2) is 11.6 Å². The second kappa shape index (κ2) is 6.21. The highest BCUT2D eigenvalue weighted by atomic mass is 19.1. The zero-order valence-corrected chi connectivity index (χ0v) is 11.4. The molecule has 1 aromatic carbocycles. The third-order valence-electron chi connectivity index (χ3n) is 3.82. The molecule has 100 valence electrons. The third-order valence-corrected chi connectivity index (χ3v) is 3.82. The molecule has 1 nitrogen and oxygen atoms in total. The van der Waals surface area contributed by atoms with Gasteiger partial charge in [-0.3, -0.25) is 0 Å².